The lowest BCUT2D eigenvalue weighted by Gasteiger charge is -2.38. The van der Waals surface area contributed by atoms with Gasteiger partial charge in [0.05, 0.1) is 11.1 Å². The minimum absolute atomic E-state index is 0.00563. The fourth-order valence-electron chi connectivity index (χ4n) is 5.31. The SMILES string of the molecule is C=C(C)C(=O)OCOc1ccc(C(=O)Oc2ccc(C(c3ccc(OC(=O)c4ccc(OCOC(=O)C(=C)C)cc4C)cc3)(C(F)(F)F)C(F)(F)F)cc2)c(C)c1. The van der Waals surface area contributed by atoms with Crippen LogP contribution in [0.25, 0.3) is 0 Å². The lowest BCUT2D eigenvalue weighted by molar-refractivity contribution is -0.288. The average molecular weight is 801 g/mol. The van der Waals surface area contributed by atoms with Crippen molar-refractivity contribution in [2.45, 2.75) is 45.5 Å². The Balaban J connectivity index is 1.51. The molecule has 4 aromatic carbocycles. The number of aryl methyl sites for hydroxylation is 2. The fraction of sp³-hybridized carbons (Fsp3) is 0.220. The number of rotatable bonds is 14. The van der Waals surface area contributed by atoms with Crippen molar-refractivity contribution in [3.8, 4) is 23.0 Å². The summed E-state index contributed by atoms with van der Waals surface area (Å²) in [5, 5.41) is 0. The highest BCUT2D eigenvalue weighted by atomic mass is 19.4. The number of hydrogen-bond donors (Lipinski definition) is 0. The largest absolute Gasteiger partial charge is 0.457 e. The third-order valence-corrected chi connectivity index (χ3v) is 8.21. The van der Waals surface area contributed by atoms with E-state index in [1.54, 1.807) is 0 Å². The third kappa shape index (κ3) is 10.00. The molecule has 0 fully saturated rings. The van der Waals surface area contributed by atoms with Crippen LogP contribution in [0, 0.1) is 13.8 Å². The topological polar surface area (TPSA) is 124 Å². The predicted octanol–water partition coefficient (Wildman–Crippen LogP) is 9.06. The van der Waals surface area contributed by atoms with Gasteiger partial charge in [0.1, 0.15) is 23.0 Å². The van der Waals surface area contributed by atoms with E-state index in [4.69, 9.17) is 28.4 Å². The molecule has 4 aromatic rings. The summed E-state index contributed by atoms with van der Waals surface area (Å²) in [6, 6.07) is 13.6. The molecule has 0 aliphatic carbocycles. The van der Waals surface area contributed by atoms with E-state index in [9.17, 15) is 45.5 Å². The van der Waals surface area contributed by atoms with Crippen molar-refractivity contribution in [2.24, 2.45) is 0 Å². The molecule has 0 atom stereocenters. The Morgan fingerprint density at radius 1 is 0.526 bits per heavy atom. The predicted molar refractivity (Wildman–Crippen MR) is 191 cm³/mol. The Morgan fingerprint density at radius 3 is 1.12 bits per heavy atom. The number of ether oxygens (including phenoxy) is 6. The highest BCUT2D eigenvalue weighted by Gasteiger charge is 2.72. The van der Waals surface area contributed by atoms with Gasteiger partial charge in [0.25, 0.3) is 0 Å². The van der Waals surface area contributed by atoms with Crippen LogP contribution in [-0.4, -0.2) is 49.8 Å². The summed E-state index contributed by atoms with van der Waals surface area (Å²) in [6.07, 6.45) is -11.9. The molecule has 0 heterocycles. The number of esters is 4. The van der Waals surface area contributed by atoms with Gasteiger partial charge in [-0.05, 0) is 111 Å². The van der Waals surface area contributed by atoms with E-state index in [2.05, 4.69) is 13.2 Å². The van der Waals surface area contributed by atoms with Crippen molar-refractivity contribution in [3.05, 3.63) is 143 Å². The zero-order valence-corrected chi connectivity index (χ0v) is 30.8. The Bertz CT molecular complexity index is 2020. The summed E-state index contributed by atoms with van der Waals surface area (Å²) in [6.45, 7) is 11.9. The van der Waals surface area contributed by atoms with E-state index in [1.165, 1.54) is 64.1 Å². The van der Waals surface area contributed by atoms with E-state index in [1.807, 2.05) is 0 Å². The Morgan fingerprint density at radius 2 is 0.842 bits per heavy atom. The first-order valence-corrected chi connectivity index (χ1v) is 16.6. The second kappa shape index (κ2) is 17.5. The smallest absolute Gasteiger partial charge is 0.411 e. The quantitative estimate of drug-likeness (QED) is 0.0401. The fourth-order valence-corrected chi connectivity index (χ4v) is 5.31. The first-order chi connectivity index (χ1) is 26.6. The van der Waals surface area contributed by atoms with Gasteiger partial charge in [-0.25, -0.2) is 19.2 Å². The highest BCUT2D eigenvalue weighted by Crippen LogP contribution is 2.56. The van der Waals surface area contributed by atoms with Gasteiger partial charge in [-0.15, -0.1) is 0 Å². The molecule has 300 valence electrons. The molecule has 0 aromatic heterocycles. The van der Waals surface area contributed by atoms with Gasteiger partial charge in [-0.2, -0.15) is 26.3 Å². The van der Waals surface area contributed by atoms with Crippen molar-refractivity contribution in [2.75, 3.05) is 13.6 Å². The summed E-state index contributed by atoms with van der Waals surface area (Å²) in [5.41, 5.74) is -6.03. The monoisotopic (exact) mass is 800 g/mol. The Hall–Kier alpha value is -6.58. The van der Waals surface area contributed by atoms with Gasteiger partial charge in [-0.3, -0.25) is 0 Å². The number of alkyl halides is 6. The van der Waals surface area contributed by atoms with Gasteiger partial charge in [-0.1, -0.05) is 37.4 Å². The first kappa shape index (κ1) is 43.2. The second-order valence-corrected chi connectivity index (χ2v) is 12.5. The van der Waals surface area contributed by atoms with Crippen molar-refractivity contribution in [1.29, 1.82) is 0 Å². The van der Waals surface area contributed by atoms with Crippen LogP contribution >= 0.6 is 0 Å². The van der Waals surface area contributed by atoms with Gasteiger partial charge in [0.15, 0.2) is 0 Å². The number of carbonyl (C=O) groups is 4. The zero-order chi connectivity index (χ0) is 42.3. The molecule has 0 aliphatic rings. The minimum atomic E-state index is -5.94. The van der Waals surface area contributed by atoms with Crippen molar-refractivity contribution in [1.82, 2.24) is 0 Å². The van der Waals surface area contributed by atoms with Gasteiger partial charge in [0.2, 0.25) is 19.0 Å². The standard InChI is InChI=1S/C41H34F6O10/c1-23(2)35(48)54-21-52-31-15-17-33(25(5)19-31)37(50)56-29-11-7-27(8-12-29)39(40(42,43)44,41(45,46)47)28-9-13-30(14-10-28)57-38(51)34-18-16-32(20-26(34)6)53-22-55-36(49)24(3)4/h7-20H,1,3,21-22H2,2,4-6H3. The molecule has 0 N–H and O–H groups in total. The van der Waals surface area contributed by atoms with E-state index >= 15 is 0 Å². The summed E-state index contributed by atoms with van der Waals surface area (Å²) in [5.74, 6) is -3.55. The molecular formula is C41H34F6O10. The summed E-state index contributed by atoms with van der Waals surface area (Å²) < 4.78 is 120. The van der Waals surface area contributed by atoms with Crippen molar-refractivity contribution >= 4 is 23.9 Å². The van der Waals surface area contributed by atoms with Gasteiger partial charge < -0.3 is 28.4 Å². The molecule has 57 heavy (non-hydrogen) atoms. The second-order valence-electron chi connectivity index (χ2n) is 12.5. The first-order valence-electron chi connectivity index (χ1n) is 16.6. The molecule has 0 spiro atoms. The van der Waals surface area contributed by atoms with Crippen LogP contribution in [0.1, 0.15) is 56.8 Å². The molecule has 0 aliphatic heterocycles. The number of carbonyl (C=O) groups excluding carboxylic acids is 4. The van der Waals surface area contributed by atoms with Crippen LogP contribution in [-0.2, 0) is 24.5 Å². The Labute approximate surface area is 322 Å². The average Bonchev–Trinajstić information content (AvgIpc) is 3.12. The normalized spacial score (nSPS) is 11.5. The number of halogens is 6. The lowest BCUT2D eigenvalue weighted by Crippen LogP contribution is -2.54. The molecule has 10 nitrogen and oxygen atoms in total. The molecule has 0 unspecified atom stereocenters. The molecule has 0 bridgehead atoms. The zero-order valence-electron chi connectivity index (χ0n) is 30.8. The molecule has 0 radical (unpaired) electrons. The third-order valence-electron chi connectivity index (χ3n) is 8.21. The van der Waals surface area contributed by atoms with Crippen LogP contribution in [0.4, 0.5) is 26.3 Å². The van der Waals surface area contributed by atoms with Crippen molar-refractivity contribution < 1.29 is 73.9 Å². The van der Waals surface area contributed by atoms with Crippen LogP contribution in [0.3, 0.4) is 0 Å². The molecule has 0 saturated carbocycles. The maximum Gasteiger partial charge on any atom is 0.411 e. The molecule has 0 saturated heterocycles. The van der Waals surface area contributed by atoms with E-state index < -0.39 is 66.4 Å². The summed E-state index contributed by atoms with van der Waals surface area (Å²) in [7, 11) is 0. The van der Waals surface area contributed by atoms with Crippen molar-refractivity contribution in [3.63, 3.8) is 0 Å². The summed E-state index contributed by atoms with van der Waals surface area (Å²) in [4.78, 5) is 48.8. The van der Waals surface area contributed by atoms with E-state index in [-0.39, 0.29) is 45.3 Å². The molecule has 4 rings (SSSR count). The van der Waals surface area contributed by atoms with Gasteiger partial charge >= 0.3 is 36.2 Å². The van der Waals surface area contributed by atoms with Crippen LogP contribution in [0.2, 0.25) is 0 Å². The minimum Gasteiger partial charge on any atom is -0.457 e. The maximum absolute atomic E-state index is 14.8. The van der Waals surface area contributed by atoms with Gasteiger partial charge in [0, 0.05) is 11.1 Å². The van der Waals surface area contributed by atoms with E-state index in [0.29, 0.717) is 35.4 Å². The number of benzene rings is 4. The van der Waals surface area contributed by atoms with Crippen LogP contribution in [0.5, 0.6) is 23.0 Å². The molecule has 0 amide bonds. The maximum atomic E-state index is 14.8. The highest BCUT2D eigenvalue weighted by molar-refractivity contribution is 5.93. The van der Waals surface area contributed by atoms with E-state index in [0.717, 1.165) is 24.3 Å². The Kier molecular flexibility index (Phi) is 13.2. The lowest BCUT2D eigenvalue weighted by atomic mass is 9.73. The molecule has 16 heteroatoms. The van der Waals surface area contributed by atoms with Crippen LogP contribution < -0.4 is 18.9 Å². The summed E-state index contributed by atoms with van der Waals surface area (Å²) >= 11 is 0. The molecular weight excluding hydrogens is 766 g/mol. The van der Waals surface area contributed by atoms with Crippen LogP contribution in [0.15, 0.2) is 109 Å². The number of hydrogen-bond acceptors (Lipinski definition) is 10.